The number of amides is 1. The number of hydrogen-bond donors (Lipinski definition) is 0. The molecule has 0 saturated carbocycles. The zero-order chi connectivity index (χ0) is 16.2. The summed E-state index contributed by atoms with van der Waals surface area (Å²) in [6, 6.07) is 3.91. The van der Waals surface area contributed by atoms with Crippen molar-refractivity contribution in [3.05, 3.63) is 24.2 Å². The van der Waals surface area contributed by atoms with E-state index in [1.807, 2.05) is 17.0 Å². The SMILES string of the molecule is COCCN1C[C@H]2[C@@H](C1)N(C(=O)Cc1ccco1)CC[C@H]2OC. The standard InChI is InChI=1S/C17H26N2O4/c1-21-9-7-18-11-14-15(12-18)19(6-5-16(14)22-2)17(20)10-13-4-3-8-23-13/h3-4,8,14-16H,5-7,9-12H2,1-2H3/t14-,15+,16+/m0/s1. The normalized spacial score (nSPS) is 28.1. The van der Waals surface area contributed by atoms with Crippen LogP contribution in [0, 0.1) is 5.92 Å². The minimum atomic E-state index is 0.151. The number of likely N-dealkylation sites (tertiary alicyclic amines) is 2. The van der Waals surface area contributed by atoms with Gasteiger partial charge in [0.2, 0.25) is 5.91 Å². The summed E-state index contributed by atoms with van der Waals surface area (Å²) in [5, 5.41) is 0. The molecular weight excluding hydrogens is 296 g/mol. The largest absolute Gasteiger partial charge is 0.469 e. The summed E-state index contributed by atoms with van der Waals surface area (Å²) in [6.45, 7) is 4.25. The molecule has 1 amide bonds. The maximum Gasteiger partial charge on any atom is 0.230 e. The van der Waals surface area contributed by atoms with E-state index < -0.39 is 0 Å². The van der Waals surface area contributed by atoms with E-state index >= 15 is 0 Å². The minimum Gasteiger partial charge on any atom is -0.469 e. The molecule has 0 unspecified atom stereocenters. The number of hydrogen-bond acceptors (Lipinski definition) is 5. The van der Waals surface area contributed by atoms with Crippen LogP contribution in [0.1, 0.15) is 12.2 Å². The van der Waals surface area contributed by atoms with Crippen LogP contribution in [0.3, 0.4) is 0 Å². The summed E-state index contributed by atoms with van der Waals surface area (Å²) < 4.78 is 16.2. The van der Waals surface area contributed by atoms with Gasteiger partial charge in [0.15, 0.2) is 0 Å². The monoisotopic (exact) mass is 322 g/mol. The van der Waals surface area contributed by atoms with E-state index in [9.17, 15) is 4.79 Å². The van der Waals surface area contributed by atoms with Gasteiger partial charge in [-0.15, -0.1) is 0 Å². The predicted octanol–water partition coefficient (Wildman–Crippen LogP) is 1.02. The molecule has 2 aliphatic heterocycles. The number of furan rings is 1. The van der Waals surface area contributed by atoms with E-state index in [-0.39, 0.29) is 18.1 Å². The van der Waals surface area contributed by atoms with Crippen LogP contribution in [0.4, 0.5) is 0 Å². The third-order valence-corrected chi connectivity index (χ3v) is 5.08. The molecule has 3 atom stereocenters. The summed E-state index contributed by atoms with van der Waals surface area (Å²) in [4.78, 5) is 17.1. The molecule has 0 bridgehead atoms. The maximum absolute atomic E-state index is 12.7. The Hall–Kier alpha value is -1.37. The van der Waals surface area contributed by atoms with E-state index in [0.29, 0.717) is 12.3 Å². The van der Waals surface area contributed by atoms with Gasteiger partial charge in [-0.3, -0.25) is 9.69 Å². The fourth-order valence-electron chi connectivity index (χ4n) is 3.90. The first-order valence-corrected chi connectivity index (χ1v) is 8.29. The van der Waals surface area contributed by atoms with Crippen LogP contribution in [0.2, 0.25) is 0 Å². The highest BCUT2D eigenvalue weighted by molar-refractivity contribution is 5.78. The molecule has 3 rings (SSSR count). The van der Waals surface area contributed by atoms with Gasteiger partial charge < -0.3 is 18.8 Å². The first-order valence-electron chi connectivity index (χ1n) is 8.29. The van der Waals surface area contributed by atoms with Gasteiger partial charge in [0.05, 0.1) is 31.4 Å². The lowest BCUT2D eigenvalue weighted by Gasteiger charge is -2.41. The zero-order valence-electron chi connectivity index (χ0n) is 13.9. The summed E-state index contributed by atoms with van der Waals surface area (Å²) in [5.74, 6) is 1.26. The third-order valence-electron chi connectivity index (χ3n) is 5.08. The molecule has 1 aromatic heterocycles. The number of carbonyl (C=O) groups excluding carboxylic acids is 1. The Balaban J connectivity index is 1.67. The lowest BCUT2D eigenvalue weighted by Crippen LogP contribution is -2.54. The molecule has 0 aliphatic carbocycles. The lowest BCUT2D eigenvalue weighted by molar-refractivity contribution is -0.138. The fraction of sp³-hybridized carbons (Fsp3) is 0.706. The molecule has 0 aromatic carbocycles. The van der Waals surface area contributed by atoms with Gasteiger partial charge in [-0.25, -0.2) is 0 Å². The van der Waals surface area contributed by atoms with E-state index in [4.69, 9.17) is 13.9 Å². The number of ether oxygens (including phenoxy) is 2. The Labute approximate surface area is 137 Å². The second-order valence-electron chi connectivity index (χ2n) is 6.39. The van der Waals surface area contributed by atoms with Crippen LogP contribution in [0.25, 0.3) is 0 Å². The molecule has 1 aromatic rings. The zero-order valence-corrected chi connectivity index (χ0v) is 13.9. The van der Waals surface area contributed by atoms with Crippen molar-refractivity contribution in [2.24, 2.45) is 5.92 Å². The van der Waals surface area contributed by atoms with Crippen LogP contribution in [-0.4, -0.2) is 74.9 Å². The average Bonchev–Trinajstić information content (AvgIpc) is 3.20. The molecule has 2 fully saturated rings. The second-order valence-corrected chi connectivity index (χ2v) is 6.39. The van der Waals surface area contributed by atoms with Crippen molar-refractivity contribution in [3.8, 4) is 0 Å². The lowest BCUT2D eigenvalue weighted by atomic mass is 9.88. The molecule has 6 heteroatoms. The van der Waals surface area contributed by atoms with Crippen LogP contribution < -0.4 is 0 Å². The number of nitrogens with zero attached hydrogens (tertiary/aromatic N) is 2. The van der Waals surface area contributed by atoms with Gasteiger partial charge >= 0.3 is 0 Å². The van der Waals surface area contributed by atoms with Crippen LogP contribution in [0.15, 0.2) is 22.8 Å². The molecule has 2 saturated heterocycles. The molecule has 6 nitrogen and oxygen atoms in total. The molecular formula is C17H26N2O4. The van der Waals surface area contributed by atoms with Crippen LogP contribution in [0.5, 0.6) is 0 Å². The quantitative estimate of drug-likeness (QED) is 0.782. The first kappa shape index (κ1) is 16.5. The Morgan fingerprint density at radius 1 is 1.39 bits per heavy atom. The van der Waals surface area contributed by atoms with Gasteiger partial charge in [0.1, 0.15) is 5.76 Å². The van der Waals surface area contributed by atoms with E-state index in [1.165, 1.54) is 0 Å². The highest BCUT2D eigenvalue weighted by atomic mass is 16.5. The summed E-state index contributed by atoms with van der Waals surface area (Å²) in [7, 11) is 3.50. The van der Waals surface area contributed by atoms with Crippen molar-refractivity contribution in [1.82, 2.24) is 9.80 Å². The summed E-state index contributed by atoms with van der Waals surface area (Å²) in [6.07, 6.45) is 3.09. The van der Waals surface area contributed by atoms with Crippen molar-refractivity contribution in [3.63, 3.8) is 0 Å². The number of piperidine rings is 1. The summed E-state index contributed by atoms with van der Waals surface area (Å²) in [5.41, 5.74) is 0. The van der Waals surface area contributed by atoms with Gasteiger partial charge in [0, 0.05) is 46.3 Å². The molecule has 0 radical (unpaired) electrons. The van der Waals surface area contributed by atoms with E-state index in [1.54, 1.807) is 20.5 Å². The molecule has 0 N–H and O–H groups in total. The first-order chi connectivity index (χ1) is 11.2. The van der Waals surface area contributed by atoms with Crippen LogP contribution in [-0.2, 0) is 20.7 Å². The Morgan fingerprint density at radius 2 is 2.26 bits per heavy atom. The molecule has 128 valence electrons. The average molecular weight is 322 g/mol. The van der Waals surface area contributed by atoms with E-state index in [0.717, 1.165) is 45.0 Å². The van der Waals surface area contributed by atoms with Crippen molar-refractivity contribution in [2.75, 3.05) is 47.0 Å². The molecule has 23 heavy (non-hydrogen) atoms. The van der Waals surface area contributed by atoms with E-state index in [2.05, 4.69) is 4.90 Å². The van der Waals surface area contributed by atoms with Crippen molar-refractivity contribution >= 4 is 5.91 Å². The van der Waals surface area contributed by atoms with Crippen molar-refractivity contribution < 1.29 is 18.7 Å². The fourth-order valence-corrected chi connectivity index (χ4v) is 3.90. The summed E-state index contributed by atoms with van der Waals surface area (Å²) >= 11 is 0. The van der Waals surface area contributed by atoms with Crippen LogP contribution >= 0.6 is 0 Å². The van der Waals surface area contributed by atoms with Gasteiger partial charge in [0.25, 0.3) is 0 Å². The Bertz CT molecular complexity index is 505. The van der Waals surface area contributed by atoms with Gasteiger partial charge in [-0.1, -0.05) is 0 Å². The molecule has 0 spiro atoms. The smallest absolute Gasteiger partial charge is 0.230 e. The highest BCUT2D eigenvalue weighted by Crippen LogP contribution is 2.32. The Kier molecular flexibility index (Phi) is 5.35. The number of fused-ring (bicyclic) bond motifs is 1. The highest BCUT2D eigenvalue weighted by Gasteiger charge is 2.45. The number of methoxy groups -OCH3 is 2. The molecule has 3 heterocycles. The number of carbonyl (C=O) groups is 1. The predicted molar refractivity (Wildman–Crippen MR) is 85.1 cm³/mol. The van der Waals surface area contributed by atoms with Crippen molar-refractivity contribution in [2.45, 2.75) is 25.0 Å². The van der Waals surface area contributed by atoms with Gasteiger partial charge in [-0.05, 0) is 18.6 Å². The number of rotatable bonds is 6. The maximum atomic E-state index is 12.7. The second kappa shape index (κ2) is 7.47. The Morgan fingerprint density at radius 3 is 2.96 bits per heavy atom. The molecule has 2 aliphatic rings. The topological polar surface area (TPSA) is 55.2 Å². The third kappa shape index (κ3) is 3.59. The minimum absolute atomic E-state index is 0.151. The van der Waals surface area contributed by atoms with Gasteiger partial charge in [-0.2, -0.15) is 0 Å². The van der Waals surface area contributed by atoms with Crippen molar-refractivity contribution in [1.29, 1.82) is 0 Å².